The van der Waals surface area contributed by atoms with E-state index < -0.39 is 35.7 Å². The maximum absolute atomic E-state index is 12.9. The molecule has 3 heterocycles. The van der Waals surface area contributed by atoms with E-state index in [2.05, 4.69) is 36.2 Å². The van der Waals surface area contributed by atoms with Crippen molar-refractivity contribution in [2.45, 2.75) is 35.3 Å². The first kappa shape index (κ1) is 28.5. The number of amides is 3. The van der Waals surface area contributed by atoms with Gasteiger partial charge < -0.3 is 26.2 Å². The van der Waals surface area contributed by atoms with Crippen molar-refractivity contribution in [2.75, 3.05) is 35.6 Å². The van der Waals surface area contributed by atoms with Crippen molar-refractivity contribution in [1.29, 1.82) is 0 Å². The summed E-state index contributed by atoms with van der Waals surface area (Å²) < 4.78 is 38.6. The monoisotopic (exact) mass is 583 g/mol. The summed E-state index contributed by atoms with van der Waals surface area (Å²) in [6.45, 7) is -0.0120. The van der Waals surface area contributed by atoms with Crippen LogP contribution >= 0.6 is 23.1 Å². The molecule has 0 aliphatic carbocycles. The second kappa shape index (κ2) is 12.6. The lowest BCUT2D eigenvalue weighted by molar-refractivity contribution is -0.137. The number of hydrogen-bond acceptors (Lipinski definition) is 10. The molecule has 3 amide bonds. The lowest BCUT2D eigenvalue weighted by Crippen LogP contribution is -2.38. The number of fused-ring (bicyclic) bond motifs is 1. The quantitative estimate of drug-likeness (QED) is 0.211. The number of aromatic nitrogens is 3. The van der Waals surface area contributed by atoms with Crippen molar-refractivity contribution in [2.24, 2.45) is 0 Å². The molecule has 2 unspecified atom stereocenters. The number of urea groups is 1. The van der Waals surface area contributed by atoms with Crippen molar-refractivity contribution in [1.82, 2.24) is 20.3 Å². The smallest absolute Gasteiger partial charge is 0.394 e. The van der Waals surface area contributed by atoms with Crippen LogP contribution in [0.15, 0.2) is 41.7 Å². The molecule has 39 heavy (non-hydrogen) atoms. The van der Waals surface area contributed by atoms with Gasteiger partial charge in [-0.1, -0.05) is 6.07 Å². The van der Waals surface area contributed by atoms with Gasteiger partial charge in [0.1, 0.15) is 12.1 Å². The summed E-state index contributed by atoms with van der Waals surface area (Å²) in [7, 11) is 0. The number of benzene rings is 1. The fourth-order valence-electron chi connectivity index (χ4n) is 3.53. The number of aliphatic hydroxyl groups excluding tert-OH is 2. The molecule has 0 bridgehead atoms. The summed E-state index contributed by atoms with van der Waals surface area (Å²) in [4.78, 5) is 38.9. The van der Waals surface area contributed by atoms with E-state index in [1.54, 1.807) is 6.20 Å². The van der Waals surface area contributed by atoms with Crippen molar-refractivity contribution in [3.05, 3.63) is 52.9 Å². The fraction of sp³-hybridized carbons (Fsp3) is 0.348. The number of rotatable bonds is 10. The highest BCUT2D eigenvalue weighted by molar-refractivity contribution is 8.01. The number of alkyl halides is 3. The predicted molar refractivity (Wildman–Crippen MR) is 140 cm³/mol. The van der Waals surface area contributed by atoms with Crippen LogP contribution in [-0.2, 0) is 23.8 Å². The minimum Gasteiger partial charge on any atom is -0.394 e. The highest BCUT2D eigenvalue weighted by atomic mass is 32.2. The van der Waals surface area contributed by atoms with E-state index in [0.29, 0.717) is 25.2 Å². The van der Waals surface area contributed by atoms with Gasteiger partial charge in [0.25, 0.3) is 0 Å². The van der Waals surface area contributed by atoms with Crippen LogP contribution in [0.4, 0.5) is 34.6 Å². The molecule has 3 aromatic rings. The van der Waals surface area contributed by atoms with Crippen LogP contribution in [0.5, 0.6) is 0 Å². The third-order valence-corrected chi connectivity index (χ3v) is 7.72. The Labute approximate surface area is 228 Å². The molecule has 0 radical (unpaired) electrons. The summed E-state index contributed by atoms with van der Waals surface area (Å²) in [6, 6.07) is 3.61. The third-order valence-electron chi connectivity index (χ3n) is 5.42. The molecule has 2 aromatic heterocycles. The Morgan fingerprint density at radius 2 is 2.00 bits per heavy atom. The normalized spacial score (nSPS) is 15.4. The molecular weight excluding hydrogens is 559 g/mol. The van der Waals surface area contributed by atoms with Crippen molar-refractivity contribution in [3.8, 4) is 0 Å². The van der Waals surface area contributed by atoms with Crippen molar-refractivity contribution >= 4 is 51.7 Å². The van der Waals surface area contributed by atoms with Gasteiger partial charge in [-0.2, -0.15) is 13.2 Å². The molecule has 6 N–H and O–H groups in total. The molecule has 1 aliphatic rings. The van der Waals surface area contributed by atoms with Gasteiger partial charge in [-0.3, -0.25) is 10.1 Å². The summed E-state index contributed by atoms with van der Waals surface area (Å²) in [5.74, 6) is 0.317. The van der Waals surface area contributed by atoms with Gasteiger partial charge in [0.05, 0.1) is 34.1 Å². The predicted octanol–water partition coefficient (Wildman–Crippen LogP) is 2.74. The topological polar surface area (TPSA) is 161 Å². The van der Waals surface area contributed by atoms with E-state index in [9.17, 15) is 27.9 Å². The molecule has 11 nitrogen and oxygen atoms in total. The van der Waals surface area contributed by atoms with E-state index in [1.807, 2.05) is 0 Å². The van der Waals surface area contributed by atoms with Crippen LogP contribution in [0.3, 0.4) is 0 Å². The zero-order valence-corrected chi connectivity index (χ0v) is 21.8. The van der Waals surface area contributed by atoms with Crippen LogP contribution in [-0.4, -0.2) is 68.2 Å². The zero-order chi connectivity index (χ0) is 28.0. The summed E-state index contributed by atoms with van der Waals surface area (Å²) in [5.41, 5.74) is -0.133. The Hall–Kier alpha value is -3.47. The molecule has 0 saturated carbocycles. The number of hydrogen-bond donors (Lipinski definition) is 6. The van der Waals surface area contributed by atoms with Crippen molar-refractivity contribution in [3.63, 3.8) is 0 Å². The maximum atomic E-state index is 12.9. The Kier molecular flexibility index (Phi) is 9.21. The van der Waals surface area contributed by atoms with E-state index in [4.69, 9.17) is 5.11 Å². The molecule has 208 valence electrons. The molecule has 2 atom stereocenters. The average Bonchev–Trinajstić information content (AvgIpc) is 3.54. The van der Waals surface area contributed by atoms with Crippen LogP contribution in [0.25, 0.3) is 0 Å². The highest BCUT2D eigenvalue weighted by Gasteiger charge is 2.32. The van der Waals surface area contributed by atoms with Gasteiger partial charge in [0, 0.05) is 42.7 Å². The molecule has 0 saturated heterocycles. The number of carbonyl (C=O) groups is 2. The first-order valence-corrected chi connectivity index (χ1v) is 13.3. The van der Waals surface area contributed by atoms with Crippen LogP contribution < -0.4 is 21.3 Å². The number of thioether (sulfide) groups is 1. The highest BCUT2D eigenvalue weighted by Crippen LogP contribution is 2.40. The van der Waals surface area contributed by atoms with Gasteiger partial charge in [-0.05, 0) is 18.2 Å². The lowest BCUT2D eigenvalue weighted by atomic mass is 10.2. The Bertz CT molecular complexity index is 1320. The van der Waals surface area contributed by atoms with E-state index in [-0.39, 0.29) is 23.3 Å². The molecule has 4 rings (SSSR count). The van der Waals surface area contributed by atoms with Gasteiger partial charge >= 0.3 is 12.2 Å². The number of aliphatic hydroxyl groups is 2. The maximum Gasteiger partial charge on any atom is 0.416 e. The minimum absolute atomic E-state index is 0.000952. The van der Waals surface area contributed by atoms with Crippen LogP contribution in [0, 0.1) is 0 Å². The number of anilines is 3. The van der Waals surface area contributed by atoms with Crippen LogP contribution in [0.2, 0.25) is 0 Å². The molecule has 0 fully saturated rings. The first-order chi connectivity index (χ1) is 18.6. The van der Waals surface area contributed by atoms with Crippen molar-refractivity contribution < 1.29 is 33.0 Å². The molecule has 1 aliphatic heterocycles. The zero-order valence-electron chi connectivity index (χ0n) is 20.2. The lowest BCUT2D eigenvalue weighted by Gasteiger charge is -2.12. The summed E-state index contributed by atoms with van der Waals surface area (Å²) in [5, 5.41) is 28.9. The van der Waals surface area contributed by atoms with Gasteiger partial charge in [0.15, 0.2) is 5.13 Å². The molecule has 1 aromatic carbocycles. The number of thiazole rings is 1. The number of nitrogens with zero attached hydrogens (tertiary/aromatic N) is 3. The van der Waals surface area contributed by atoms with Crippen LogP contribution in [0.1, 0.15) is 16.1 Å². The van der Waals surface area contributed by atoms with Gasteiger partial charge in [-0.15, -0.1) is 23.1 Å². The second-order valence-corrected chi connectivity index (χ2v) is 10.7. The minimum atomic E-state index is -4.52. The SMILES string of the molecule is O=C(Nc1cccc(C(F)(F)F)c1)Nc1ncc(CCNc2ncnc3c2SC(C(=O)NCC(O)CO)C3)s1. The fourth-order valence-corrected chi connectivity index (χ4v) is 5.56. The number of halogens is 3. The summed E-state index contributed by atoms with van der Waals surface area (Å²) in [6.07, 6.45) is -1.58. The van der Waals surface area contributed by atoms with E-state index in [1.165, 1.54) is 41.6 Å². The average molecular weight is 584 g/mol. The standard InChI is InChI=1S/C23H24F3N7O4S2/c24-23(25,26)12-2-1-3-13(6-12)32-21(37)33-22-29-9-15(38-22)4-5-27-19-18-16(30-11-31-19)7-17(39-18)20(36)28-8-14(35)10-34/h1-3,6,9,11,14,17,34-35H,4-5,7-8,10H2,(H,28,36)(H,27,30,31)(H2,29,32,33,37). The molecular formula is C23H24F3N7O4S2. The molecule has 16 heteroatoms. The third kappa shape index (κ3) is 7.78. The van der Waals surface area contributed by atoms with E-state index in [0.717, 1.165) is 27.6 Å². The number of carbonyl (C=O) groups excluding carboxylic acids is 2. The second-order valence-electron chi connectivity index (χ2n) is 8.36. The largest absolute Gasteiger partial charge is 0.416 e. The first-order valence-electron chi connectivity index (χ1n) is 11.6. The Morgan fingerprint density at radius 3 is 2.77 bits per heavy atom. The van der Waals surface area contributed by atoms with Gasteiger partial charge in [-0.25, -0.2) is 19.7 Å². The Balaban J connectivity index is 1.26. The number of nitrogens with one attached hydrogen (secondary N) is 4. The Morgan fingerprint density at radius 1 is 1.18 bits per heavy atom. The molecule has 0 spiro atoms. The summed E-state index contributed by atoms with van der Waals surface area (Å²) >= 11 is 2.54. The van der Waals surface area contributed by atoms with Gasteiger partial charge in [0.2, 0.25) is 5.91 Å². The van der Waals surface area contributed by atoms with E-state index >= 15 is 0 Å².